The van der Waals surface area contributed by atoms with Gasteiger partial charge in [0.25, 0.3) is 0 Å². The predicted molar refractivity (Wildman–Crippen MR) is 69.5 cm³/mol. The molecular formula is C14H28N2. The van der Waals surface area contributed by atoms with E-state index in [1.165, 1.54) is 38.9 Å². The third kappa shape index (κ3) is 2.78. The lowest BCUT2D eigenvalue weighted by atomic mass is 9.93. The maximum absolute atomic E-state index is 3.70. The zero-order valence-corrected chi connectivity index (χ0v) is 11.1. The lowest BCUT2D eigenvalue weighted by molar-refractivity contribution is 0.354. The minimum Gasteiger partial charge on any atom is -0.315 e. The number of hydrogen-bond donors (Lipinski definition) is 2. The van der Waals surface area contributed by atoms with E-state index in [-0.39, 0.29) is 0 Å². The Kier molecular flexibility index (Phi) is 4.26. The summed E-state index contributed by atoms with van der Waals surface area (Å²) in [5, 5.41) is 7.36. The second-order valence-electron chi connectivity index (χ2n) is 6.25. The molecule has 2 fully saturated rings. The van der Waals surface area contributed by atoms with Crippen molar-refractivity contribution < 1.29 is 0 Å². The third-order valence-corrected chi connectivity index (χ3v) is 4.85. The minimum atomic E-state index is 0.756. The van der Waals surface area contributed by atoms with Crippen LogP contribution in [0.2, 0.25) is 0 Å². The fourth-order valence-corrected chi connectivity index (χ4v) is 3.23. The molecule has 16 heavy (non-hydrogen) atoms. The van der Waals surface area contributed by atoms with Gasteiger partial charge in [0.2, 0.25) is 0 Å². The Hall–Kier alpha value is -0.0800. The second-order valence-corrected chi connectivity index (χ2v) is 6.25. The zero-order chi connectivity index (χ0) is 11.5. The molecule has 0 aromatic carbocycles. The Bertz CT molecular complexity index is 215. The molecule has 0 spiro atoms. The molecule has 0 bridgehead atoms. The van der Waals surface area contributed by atoms with E-state index < -0.39 is 0 Å². The summed E-state index contributed by atoms with van der Waals surface area (Å²) in [6, 6.07) is 0.756. The van der Waals surface area contributed by atoms with Crippen molar-refractivity contribution in [2.45, 2.75) is 46.1 Å². The lowest BCUT2D eigenvalue weighted by Gasteiger charge is -2.21. The van der Waals surface area contributed by atoms with Crippen LogP contribution in [0.1, 0.15) is 40.0 Å². The average molecular weight is 224 g/mol. The molecule has 2 aliphatic rings. The van der Waals surface area contributed by atoms with Crippen LogP contribution >= 0.6 is 0 Å². The van der Waals surface area contributed by atoms with E-state index in [0.717, 1.165) is 29.7 Å². The van der Waals surface area contributed by atoms with Gasteiger partial charge in [-0.2, -0.15) is 0 Å². The van der Waals surface area contributed by atoms with Crippen LogP contribution in [-0.4, -0.2) is 25.7 Å². The molecule has 2 heteroatoms. The first-order valence-corrected chi connectivity index (χ1v) is 7.12. The molecule has 4 unspecified atom stereocenters. The van der Waals surface area contributed by atoms with Crippen molar-refractivity contribution in [2.24, 2.45) is 23.7 Å². The van der Waals surface area contributed by atoms with Crippen molar-refractivity contribution in [1.82, 2.24) is 10.6 Å². The van der Waals surface area contributed by atoms with Crippen molar-refractivity contribution in [3.05, 3.63) is 0 Å². The number of nitrogens with one attached hydrogen (secondary N) is 2. The topological polar surface area (TPSA) is 24.1 Å². The molecule has 1 saturated carbocycles. The van der Waals surface area contributed by atoms with Crippen molar-refractivity contribution in [2.75, 3.05) is 19.6 Å². The van der Waals surface area contributed by atoms with E-state index in [1.807, 2.05) is 0 Å². The molecule has 2 nitrogen and oxygen atoms in total. The average Bonchev–Trinajstić information content (AvgIpc) is 2.81. The van der Waals surface area contributed by atoms with Gasteiger partial charge in [0.15, 0.2) is 0 Å². The van der Waals surface area contributed by atoms with Gasteiger partial charge in [-0.1, -0.05) is 27.2 Å². The van der Waals surface area contributed by atoms with Gasteiger partial charge >= 0.3 is 0 Å². The highest BCUT2D eigenvalue weighted by molar-refractivity contribution is 4.94. The summed E-state index contributed by atoms with van der Waals surface area (Å²) in [6.45, 7) is 10.6. The van der Waals surface area contributed by atoms with Gasteiger partial charge in [-0.15, -0.1) is 0 Å². The third-order valence-electron chi connectivity index (χ3n) is 4.85. The van der Waals surface area contributed by atoms with Crippen LogP contribution in [0.25, 0.3) is 0 Å². The molecular weight excluding hydrogens is 196 g/mol. The van der Waals surface area contributed by atoms with Crippen molar-refractivity contribution in [3.63, 3.8) is 0 Å². The molecule has 0 aromatic heterocycles. The smallest absolute Gasteiger partial charge is 0.0223 e. The molecule has 2 rings (SSSR count). The Labute approximate surface area is 101 Å². The fraction of sp³-hybridized carbons (Fsp3) is 1.00. The first-order chi connectivity index (χ1) is 7.68. The Morgan fingerprint density at radius 2 is 2.06 bits per heavy atom. The molecule has 2 N–H and O–H groups in total. The molecule has 0 amide bonds. The molecule has 94 valence electrons. The highest BCUT2D eigenvalue weighted by atomic mass is 15.0. The summed E-state index contributed by atoms with van der Waals surface area (Å²) >= 11 is 0. The maximum Gasteiger partial charge on any atom is 0.0223 e. The summed E-state index contributed by atoms with van der Waals surface area (Å²) in [4.78, 5) is 0. The van der Waals surface area contributed by atoms with Crippen LogP contribution in [0.4, 0.5) is 0 Å². The second kappa shape index (κ2) is 5.50. The Balaban J connectivity index is 1.67. The normalized spacial score (nSPS) is 35.6. The molecule has 1 heterocycles. The van der Waals surface area contributed by atoms with Crippen LogP contribution < -0.4 is 10.6 Å². The van der Waals surface area contributed by atoms with Gasteiger partial charge in [0.05, 0.1) is 0 Å². The van der Waals surface area contributed by atoms with E-state index in [0.29, 0.717) is 0 Å². The van der Waals surface area contributed by atoms with Crippen LogP contribution in [-0.2, 0) is 0 Å². The standard InChI is InChI=1S/C14H28N2/c1-10(2)11(3)7-15-9-14-13-6-4-5-12(13)8-16-14/h10-16H,4-9H2,1-3H3. The number of hydrogen-bond acceptors (Lipinski definition) is 2. The van der Waals surface area contributed by atoms with Crippen LogP contribution in [0, 0.1) is 23.7 Å². The summed E-state index contributed by atoms with van der Waals surface area (Å²) in [5.41, 5.74) is 0. The van der Waals surface area contributed by atoms with Gasteiger partial charge in [-0.3, -0.25) is 0 Å². The Morgan fingerprint density at radius 3 is 2.81 bits per heavy atom. The lowest BCUT2D eigenvalue weighted by Crippen LogP contribution is -2.39. The monoisotopic (exact) mass is 224 g/mol. The maximum atomic E-state index is 3.70. The van der Waals surface area contributed by atoms with Crippen molar-refractivity contribution in [1.29, 1.82) is 0 Å². The summed E-state index contributed by atoms with van der Waals surface area (Å²) in [5.74, 6) is 3.56. The number of fused-ring (bicyclic) bond motifs is 1. The van der Waals surface area contributed by atoms with E-state index in [9.17, 15) is 0 Å². The molecule has 1 aliphatic heterocycles. The quantitative estimate of drug-likeness (QED) is 0.748. The first-order valence-electron chi connectivity index (χ1n) is 7.12. The Morgan fingerprint density at radius 1 is 1.25 bits per heavy atom. The molecule has 1 saturated heterocycles. The highest BCUT2D eigenvalue weighted by Gasteiger charge is 2.38. The van der Waals surface area contributed by atoms with E-state index in [4.69, 9.17) is 0 Å². The molecule has 4 atom stereocenters. The van der Waals surface area contributed by atoms with Crippen molar-refractivity contribution in [3.8, 4) is 0 Å². The number of rotatable bonds is 5. The van der Waals surface area contributed by atoms with Gasteiger partial charge in [0, 0.05) is 12.6 Å². The van der Waals surface area contributed by atoms with Crippen LogP contribution in [0.3, 0.4) is 0 Å². The van der Waals surface area contributed by atoms with Gasteiger partial charge in [-0.25, -0.2) is 0 Å². The van der Waals surface area contributed by atoms with E-state index in [1.54, 1.807) is 0 Å². The summed E-state index contributed by atoms with van der Waals surface area (Å²) < 4.78 is 0. The summed E-state index contributed by atoms with van der Waals surface area (Å²) in [6.07, 6.45) is 4.40. The highest BCUT2D eigenvalue weighted by Crippen LogP contribution is 2.37. The summed E-state index contributed by atoms with van der Waals surface area (Å²) in [7, 11) is 0. The van der Waals surface area contributed by atoms with E-state index >= 15 is 0 Å². The first kappa shape index (κ1) is 12.4. The van der Waals surface area contributed by atoms with Crippen LogP contribution in [0.15, 0.2) is 0 Å². The molecule has 1 aliphatic carbocycles. The molecule has 0 aromatic rings. The fourth-order valence-electron chi connectivity index (χ4n) is 3.23. The van der Waals surface area contributed by atoms with Crippen molar-refractivity contribution >= 4 is 0 Å². The predicted octanol–water partition coefficient (Wildman–Crippen LogP) is 2.26. The van der Waals surface area contributed by atoms with E-state index in [2.05, 4.69) is 31.4 Å². The van der Waals surface area contributed by atoms with Crippen LogP contribution in [0.5, 0.6) is 0 Å². The largest absolute Gasteiger partial charge is 0.315 e. The van der Waals surface area contributed by atoms with Gasteiger partial charge < -0.3 is 10.6 Å². The molecule has 0 radical (unpaired) electrons. The van der Waals surface area contributed by atoms with Gasteiger partial charge in [-0.05, 0) is 49.6 Å². The zero-order valence-electron chi connectivity index (χ0n) is 11.1. The van der Waals surface area contributed by atoms with Gasteiger partial charge in [0.1, 0.15) is 0 Å². The SMILES string of the molecule is CC(C)C(C)CNCC1NCC2CCCC21. The minimum absolute atomic E-state index is 0.756.